The summed E-state index contributed by atoms with van der Waals surface area (Å²) in [6, 6.07) is 6.86. The first-order valence-electron chi connectivity index (χ1n) is 9.19. The number of para-hydroxylation sites is 1. The molecule has 0 aliphatic carbocycles. The number of hydrogen-bond donors (Lipinski definition) is 1. The Hall–Kier alpha value is -2.08. The lowest BCUT2D eigenvalue weighted by atomic mass is 9.86. The van der Waals surface area contributed by atoms with Crippen LogP contribution in [0.25, 0.3) is 10.9 Å². The van der Waals surface area contributed by atoms with Gasteiger partial charge in [-0.25, -0.2) is 4.79 Å². The number of esters is 1. The number of halogens is 1. The summed E-state index contributed by atoms with van der Waals surface area (Å²) < 4.78 is 6.70. The van der Waals surface area contributed by atoms with Gasteiger partial charge >= 0.3 is 5.97 Å². The molecule has 2 aromatic rings. The van der Waals surface area contributed by atoms with Gasteiger partial charge < -0.3 is 10.1 Å². The number of fused-ring (bicyclic) bond motifs is 1. The van der Waals surface area contributed by atoms with Crippen LogP contribution in [0.1, 0.15) is 50.5 Å². The van der Waals surface area contributed by atoms with Crippen molar-refractivity contribution in [3.05, 3.63) is 30.0 Å². The number of aryl methyl sites for hydroxylation is 1. The highest BCUT2D eigenvalue weighted by Gasteiger charge is 2.34. The second-order valence-corrected chi connectivity index (χ2v) is 8.01. The molecule has 0 saturated heterocycles. The fraction of sp³-hybridized carbons (Fsp3) is 0.550. The molecule has 1 heterocycles. The van der Waals surface area contributed by atoms with Crippen molar-refractivity contribution < 1.29 is 14.3 Å². The molecule has 1 atom stereocenters. The van der Waals surface area contributed by atoms with Crippen molar-refractivity contribution in [2.45, 2.75) is 52.6 Å². The minimum atomic E-state index is -0.761. The standard InChI is InChI=1S/C20H28ClN3O3/c1-20(2,3)17(19(26)27-4)22-18(25)16-14-10-6-7-11-15(14)24(23-16)13-9-5-8-12-21/h6-7,10-11,17H,5,8-9,12-13H2,1-4H3,(H,22,25). The molecule has 1 unspecified atom stereocenters. The van der Waals surface area contributed by atoms with Gasteiger partial charge in [0.25, 0.3) is 5.91 Å². The molecule has 0 spiro atoms. The van der Waals surface area contributed by atoms with Crippen molar-refractivity contribution in [3.8, 4) is 0 Å². The maximum Gasteiger partial charge on any atom is 0.328 e. The second-order valence-electron chi connectivity index (χ2n) is 7.63. The number of aromatic nitrogens is 2. The van der Waals surface area contributed by atoms with Crippen molar-refractivity contribution in [1.29, 1.82) is 0 Å². The van der Waals surface area contributed by atoms with E-state index in [0.717, 1.165) is 30.2 Å². The fourth-order valence-corrected chi connectivity index (χ4v) is 3.13. The first-order valence-corrected chi connectivity index (χ1v) is 9.73. The summed E-state index contributed by atoms with van der Waals surface area (Å²) >= 11 is 5.73. The minimum absolute atomic E-state index is 0.320. The van der Waals surface area contributed by atoms with E-state index in [2.05, 4.69) is 10.4 Å². The molecule has 6 nitrogen and oxygen atoms in total. The predicted octanol–water partition coefficient (Wildman–Crippen LogP) is 3.76. The number of alkyl halides is 1. The normalized spacial score (nSPS) is 12.8. The van der Waals surface area contributed by atoms with Crippen molar-refractivity contribution in [2.24, 2.45) is 5.41 Å². The predicted molar refractivity (Wildman–Crippen MR) is 107 cm³/mol. The van der Waals surface area contributed by atoms with Crippen molar-refractivity contribution in [1.82, 2.24) is 15.1 Å². The van der Waals surface area contributed by atoms with E-state index in [9.17, 15) is 9.59 Å². The lowest BCUT2D eigenvalue weighted by molar-refractivity contribution is -0.145. The van der Waals surface area contributed by atoms with Gasteiger partial charge in [0.15, 0.2) is 5.69 Å². The number of benzene rings is 1. The third-order valence-electron chi connectivity index (χ3n) is 4.45. The van der Waals surface area contributed by atoms with Gasteiger partial charge in [-0.15, -0.1) is 11.6 Å². The van der Waals surface area contributed by atoms with Crippen molar-refractivity contribution in [2.75, 3.05) is 13.0 Å². The van der Waals surface area contributed by atoms with Gasteiger partial charge in [0, 0.05) is 17.8 Å². The van der Waals surface area contributed by atoms with Crippen molar-refractivity contribution in [3.63, 3.8) is 0 Å². The summed E-state index contributed by atoms with van der Waals surface area (Å²) in [7, 11) is 1.32. The number of rotatable bonds is 8. The quantitative estimate of drug-likeness (QED) is 0.421. The highest BCUT2D eigenvalue weighted by Crippen LogP contribution is 2.23. The molecule has 1 aromatic carbocycles. The van der Waals surface area contributed by atoms with Gasteiger partial charge in [-0.1, -0.05) is 45.4 Å². The number of methoxy groups -OCH3 is 1. The Morgan fingerprint density at radius 2 is 1.93 bits per heavy atom. The number of carbonyl (C=O) groups is 2. The third-order valence-corrected chi connectivity index (χ3v) is 4.72. The number of ether oxygens (including phenoxy) is 1. The zero-order chi connectivity index (χ0) is 20.0. The van der Waals surface area contributed by atoms with Crippen LogP contribution in [0.4, 0.5) is 0 Å². The molecular weight excluding hydrogens is 366 g/mol. The molecule has 2 rings (SSSR count). The van der Waals surface area contributed by atoms with Crippen LogP contribution in [0.5, 0.6) is 0 Å². The Bertz CT molecular complexity index is 795. The highest BCUT2D eigenvalue weighted by molar-refractivity contribution is 6.17. The minimum Gasteiger partial charge on any atom is -0.467 e. The number of carbonyl (C=O) groups excluding carboxylic acids is 2. The molecule has 0 radical (unpaired) electrons. The van der Waals surface area contributed by atoms with Crippen LogP contribution in [-0.2, 0) is 16.1 Å². The fourth-order valence-electron chi connectivity index (χ4n) is 2.94. The van der Waals surface area contributed by atoms with Gasteiger partial charge in [0.05, 0.1) is 12.6 Å². The van der Waals surface area contributed by atoms with Crippen LogP contribution in [0.2, 0.25) is 0 Å². The maximum atomic E-state index is 12.9. The van der Waals surface area contributed by atoms with E-state index in [1.165, 1.54) is 7.11 Å². The van der Waals surface area contributed by atoms with E-state index in [1.54, 1.807) is 0 Å². The maximum absolute atomic E-state index is 12.9. The zero-order valence-corrected chi connectivity index (χ0v) is 17.2. The van der Waals surface area contributed by atoms with Gasteiger partial charge in [-0.05, 0) is 24.3 Å². The van der Waals surface area contributed by atoms with Crippen LogP contribution < -0.4 is 5.32 Å². The molecule has 7 heteroatoms. The summed E-state index contributed by atoms with van der Waals surface area (Å²) in [6.45, 7) is 6.34. The number of hydrogen-bond acceptors (Lipinski definition) is 4. The Labute approximate surface area is 165 Å². The van der Waals surface area contributed by atoms with Gasteiger partial charge in [0.2, 0.25) is 0 Å². The summed E-state index contributed by atoms with van der Waals surface area (Å²) in [4.78, 5) is 25.0. The van der Waals surface area contributed by atoms with E-state index >= 15 is 0 Å². The largest absolute Gasteiger partial charge is 0.467 e. The number of amides is 1. The smallest absolute Gasteiger partial charge is 0.328 e. The molecule has 0 bridgehead atoms. The molecule has 1 amide bonds. The zero-order valence-electron chi connectivity index (χ0n) is 16.4. The first kappa shape index (κ1) is 21.2. The summed E-state index contributed by atoms with van der Waals surface area (Å²) in [5.74, 6) is -0.202. The molecule has 1 N–H and O–H groups in total. The third kappa shape index (κ3) is 5.22. The lowest BCUT2D eigenvalue weighted by Gasteiger charge is -2.28. The van der Waals surface area contributed by atoms with E-state index in [4.69, 9.17) is 16.3 Å². The summed E-state index contributed by atoms with van der Waals surface area (Å²) in [5.41, 5.74) is 0.739. The lowest BCUT2D eigenvalue weighted by Crippen LogP contribution is -2.49. The van der Waals surface area contributed by atoms with Crippen LogP contribution in [0, 0.1) is 5.41 Å². The van der Waals surface area contributed by atoms with Crippen molar-refractivity contribution >= 4 is 34.4 Å². The number of nitrogens with zero attached hydrogens (tertiary/aromatic N) is 2. The van der Waals surface area contributed by atoms with Crippen LogP contribution in [0.3, 0.4) is 0 Å². The summed E-state index contributed by atoms with van der Waals surface area (Å²) in [5, 5.41) is 8.09. The van der Waals surface area contributed by atoms with Gasteiger partial charge in [0.1, 0.15) is 6.04 Å². The molecule has 148 valence electrons. The first-order chi connectivity index (χ1) is 12.8. The van der Waals surface area contributed by atoms with Crippen LogP contribution >= 0.6 is 11.6 Å². The monoisotopic (exact) mass is 393 g/mol. The molecule has 0 aliphatic heterocycles. The highest BCUT2D eigenvalue weighted by atomic mass is 35.5. The van der Waals surface area contributed by atoms with E-state index < -0.39 is 17.4 Å². The topological polar surface area (TPSA) is 73.2 Å². The van der Waals surface area contributed by atoms with E-state index in [-0.39, 0.29) is 5.91 Å². The average molecular weight is 394 g/mol. The van der Waals surface area contributed by atoms with Crippen LogP contribution in [0.15, 0.2) is 24.3 Å². The van der Waals surface area contributed by atoms with E-state index in [0.29, 0.717) is 18.1 Å². The van der Waals surface area contributed by atoms with E-state index in [1.807, 2.05) is 49.7 Å². The second kappa shape index (κ2) is 9.22. The Morgan fingerprint density at radius 3 is 2.56 bits per heavy atom. The summed E-state index contributed by atoms with van der Waals surface area (Å²) in [6.07, 6.45) is 2.90. The Balaban J connectivity index is 2.28. The molecule has 0 fully saturated rings. The molecule has 0 aliphatic rings. The molecular formula is C20H28ClN3O3. The Morgan fingerprint density at radius 1 is 1.22 bits per heavy atom. The molecule has 0 saturated carbocycles. The molecule has 1 aromatic heterocycles. The number of unbranched alkanes of at least 4 members (excludes halogenated alkanes) is 2. The van der Waals surface area contributed by atoms with Crippen LogP contribution in [-0.4, -0.2) is 40.7 Å². The molecule has 27 heavy (non-hydrogen) atoms. The average Bonchev–Trinajstić information content (AvgIpc) is 3.00. The Kier molecular flexibility index (Phi) is 7.25. The number of nitrogens with one attached hydrogen (secondary N) is 1. The van der Waals surface area contributed by atoms with Gasteiger partial charge in [-0.3, -0.25) is 9.48 Å². The SMILES string of the molecule is COC(=O)C(NC(=O)c1nn(CCCCCCl)c2ccccc12)C(C)(C)C. The van der Waals surface area contributed by atoms with Gasteiger partial charge in [-0.2, -0.15) is 5.10 Å².